The van der Waals surface area contributed by atoms with Crippen molar-refractivity contribution in [1.29, 1.82) is 5.26 Å². The summed E-state index contributed by atoms with van der Waals surface area (Å²) in [4.78, 5) is 28.0. The van der Waals surface area contributed by atoms with E-state index in [1.54, 1.807) is 6.92 Å². The summed E-state index contributed by atoms with van der Waals surface area (Å²) in [7, 11) is 0. The van der Waals surface area contributed by atoms with E-state index < -0.39 is 46.8 Å². The van der Waals surface area contributed by atoms with Gasteiger partial charge in [-0.3, -0.25) is 9.59 Å². The molecule has 2 amide bonds. The van der Waals surface area contributed by atoms with Crippen molar-refractivity contribution in [2.75, 3.05) is 16.8 Å². The highest BCUT2D eigenvalue weighted by Gasteiger charge is 2.73. The average Bonchev–Trinajstić information content (AvgIpc) is 3.76. The lowest BCUT2D eigenvalue weighted by molar-refractivity contribution is -0.348. The molecule has 0 atom stereocenters. The van der Waals surface area contributed by atoms with Crippen LogP contribution < -0.4 is 10.2 Å². The van der Waals surface area contributed by atoms with Crippen molar-refractivity contribution in [1.82, 2.24) is 0 Å². The van der Waals surface area contributed by atoms with E-state index in [-0.39, 0.29) is 40.5 Å². The van der Waals surface area contributed by atoms with Crippen molar-refractivity contribution in [2.24, 2.45) is 5.92 Å². The second-order valence-corrected chi connectivity index (χ2v) is 10.7. The Balaban J connectivity index is 1.69. The van der Waals surface area contributed by atoms with E-state index in [4.69, 9.17) is 5.26 Å². The molecule has 13 heteroatoms. The number of benzene rings is 3. The predicted molar refractivity (Wildman–Crippen MR) is 145 cm³/mol. The van der Waals surface area contributed by atoms with Crippen LogP contribution >= 0.6 is 0 Å². The minimum atomic E-state index is -6.32. The lowest BCUT2D eigenvalue weighted by Gasteiger charge is -2.31. The molecular formula is C31H25F8N3O2. The highest BCUT2D eigenvalue weighted by Crippen LogP contribution is 2.53. The molecule has 0 unspecified atom stereocenters. The highest BCUT2D eigenvalue weighted by molar-refractivity contribution is 6.09. The molecular weight excluding hydrogens is 598 g/mol. The lowest BCUT2D eigenvalue weighted by Crippen LogP contribution is -2.50. The number of carbonyl (C=O) groups excluding carboxylic acids is 2. The average molecular weight is 624 g/mol. The summed E-state index contributed by atoms with van der Waals surface area (Å²) in [5.41, 5.74) is -8.04. The Labute approximate surface area is 247 Å². The monoisotopic (exact) mass is 623 g/mol. The van der Waals surface area contributed by atoms with Crippen LogP contribution in [0.3, 0.4) is 0 Å². The van der Waals surface area contributed by atoms with Crippen LogP contribution in [0, 0.1) is 43.8 Å². The first-order chi connectivity index (χ1) is 20.4. The summed E-state index contributed by atoms with van der Waals surface area (Å²) < 4.78 is 110. The Morgan fingerprint density at radius 3 is 1.98 bits per heavy atom. The van der Waals surface area contributed by atoms with Gasteiger partial charge in [-0.1, -0.05) is 18.2 Å². The Morgan fingerprint density at radius 1 is 0.886 bits per heavy atom. The Morgan fingerprint density at radius 2 is 1.48 bits per heavy atom. The fourth-order valence-corrected chi connectivity index (χ4v) is 4.90. The molecule has 44 heavy (non-hydrogen) atoms. The van der Waals surface area contributed by atoms with E-state index >= 15 is 4.39 Å². The first kappa shape index (κ1) is 32.4. The van der Waals surface area contributed by atoms with Gasteiger partial charge >= 0.3 is 18.0 Å². The maximum Gasteiger partial charge on any atom is 0.435 e. The van der Waals surface area contributed by atoms with E-state index in [1.807, 2.05) is 6.07 Å². The van der Waals surface area contributed by atoms with Crippen LogP contribution in [-0.4, -0.2) is 30.7 Å². The van der Waals surface area contributed by atoms with Gasteiger partial charge in [0.2, 0.25) is 0 Å². The van der Waals surface area contributed by atoms with Gasteiger partial charge in [-0.15, -0.1) is 0 Å². The third-order valence-corrected chi connectivity index (χ3v) is 7.43. The standard InChI is InChI=1S/C31H25F8N3O2/c1-16-11-20(14-40)9-10-22(16)28(44)42(15-19-7-8-19)24-6-4-5-23(25(24)32)27(43)41-26-17(2)12-21(13-18(26)3)29(33,30(34,35)36)31(37,38)39/h4-6,9-13,19H,7-8,15H2,1-3H3,(H,41,43). The molecule has 3 aromatic carbocycles. The van der Waals surface area contributed by atoms with Crippen molar-refractivity contribution in [3.05, 3.63) is 93.3 Å². The molecule has 1 fully saturated rings. The molecule has 0 saturated heterocycles. The molecule has 4 rings (SSSR count). The number of carbonyl (C=O) groups is 2. The van der Waals surface area contributed by atoms with Crippen LogP contribution in [-0.2, 0) is 5.67 Å². The number of nitrogens with zero attached hydrogens (tertiary/aromatic N) is 2. The summed E-state index contributed by atoms with van der Waals surface area (Å²) in [5.74, 6) is -2.67. The minimum absolute atomic E-state index is 0.0920. The molecule has 0 heterocycles. The summed E-state index contributed by atoms with van der Waals surface area (Å²) in [6.45, 7) is 3.91. The Bertz CT molecular complexity index is 1630. The molecule has 232 valence electrons. The van der Waals surface area contributed by atoms with Crippen molar-refractivity contribution < 1.29 is 44.7 Å². The van der Waals surface area contributed by atoms with Crippen molar-refractivity contribution in [2.45, 2.75) is 51.6 Å². The van der Waals surface area contributed by atoms with E-state index in [2.05, 4.69) is 5.32 Å². The van der Waals surface area contributed by atoms with Gasteiger partial charge in [0.25, 0.3) is 11.8 Å². The number of hydrogen-bond acceptors (Lipinski definition) is 3. The quantitative estimate of drug-likeness (QED) is 0.270. The SMILES string of the molecule is Cc1cc(C#N)ccc1C(=O)N(CC1CC1)c1cccc(C(=O)Nc2c(C)cc(C(F)(C(F)(F)F)C(F)(F)F)cc2C)c1F. The first-order valence-corrected chi connectivity index (χ1v) is 13.3. The minimum Gasteiger partial charge on any atom is -0.321 e. The van der Waals surface area contributed by atoms with E-state index in [0.29, 0.717) is 23.3 Å². The number of nitriles is 1. The van der Waals surface area contributed by atoms with Crippen LogP contribution in [0.25, 0.3) is 0 Å². The molecule has 1 N–H and O–H groups in total. The Hall–Kier alpha value is -4.47. The smallest absolute Gasteiger partial charge is 0.321 e. The zero-order chi connectivity index (χ0) is 32.8. The van der Waals surface area contributed by atoms with Gasteiger partial charge in [-0.25, -0.2) is 8.78 Å². The van der Waals surface area contributed by atoms with E-state index in [0.717, 1.165) is 32.8 Å². The van der Waals surface area contributed by atoms with Crippen LogP contribution in [0.5, 0.6) is 0 Å². The maximum absolute atomic E-state index is 15.9. The Kier molecular flexibility index (Phi) is 8.52. The molecule has 0 bridgehead atoms. The number of nitrogens with one attached hydrogen (secondary N) is 1. The predicted octanol–water partition coefficient (Wildman–Crippen LogP) is 8.22. The number of alkyl halides is 7. The number of hydrogen-bond donors (Lipinski definition) is 1. The molecule has 1 saturated carbocycles. The highest BCUT2D eigenvalue weighted by atomic mass is 19.4. The van der Waals surface area contributed by atoms with Crippen molar-refractivity contribution >= 4 is 23.2 Å². The molecule has 0 spiro atoms. The summed E-state index contributed by atoms with van der Waals surface area (Å²) in [6.07, 6.45) is -11.0. The van der Waals surface area contributed by atoms with Gasteiger partial charge in [0.1, 0.15) is 0 Å². The largest absolute Gasteiger partial charge is 0.435 e. The van der Waals surface area contributed by atoms with Crippen molar-refractivity contribution in [3.63, 3.8) is 0 Å². The second kappa shape index (κ2) is 11.6. The fourth-order valence-electron chi connectivity index (χ4n) is 4.90. The summed E-state index contributed by atoms with van der Waals surface area (Å²) >= 11 is 0. The van der Waals surface area contributed by atoms with E-state index in [1.165, 1.54) is 35.2 Å². The van der Waals surface area contributed by atoms with Gasteiger partial charge in [-0.05, 0) is 86.6 Å². The third-order valence-electron chi connectivity index (χ3n) is 7.43. The van der Waals surface area contributed by atoms with Gasteiger partial charge in [0.15, 0.2) is 5.82 Å². The first-order valence-electron chi connectivity index (χ1n) is 13.3. The van der Waals surface area contributed by atoms with Gasteiger partial charge in [0, 0.05) is 23.4 Å². The maximum atomic E-state index is 15.9. The number of anilines is 2. The number of halogens is 8. The normalized spacial score (nSPS) is 13.8. The van der Waals surface area contributed by atoms with Crippen LogP contribution in [0.1, 0.15) is 61.4 Å². The molecule has 0 radical (unpaired) electrons. The zero-order valence-corrected chi connectivity index (χ0v) is 23.6. The molecule has 1 aliphatic carbocycles. The molecule has 5 nitrogen and oxygen atoms in total. The van der Waals surface area contributed by atoms with Crippen LogP contribution in [0.2, 0.25) is 0 Å². The van der Waals surface area contributed by atoms with Gasteiger partial charge in [-0.2, -0.15) is 31.6 Å². The van der Waals surface area contributed by atoms with Crippen LogP contribution in [0.15, 0.2) is 48.5 Å². The fraction of sp³-hybridized carbons (Fsp3) is 0.323. The van der Waals surface area contributed by atoms with E-state index in [9.17, 15) is 40.3 Å². The topological polar surface area (TPSA) is 73.2 Å². The molecule has 1 aliphatic rings. The second-order valence-electron chi connectivity index (χ2n) is 10.7. The summed E-state index contributed by atoms with van der Waals surface area (Å²) in [6, 6.07) is 10.7. The molecule has 0 aromatic heterocycles. The number of aryl methyl sites for hydroxylation is 3. The van der Waals surface area contributed by atoms with Crippen LogP contribution in [0.4, 0.5) is 46.5 Å². The number of amides is 2. The molecule has 3 aromatic rings. The third kappa shape index (κ3) is 5.98. The molecule has 0 aliphatic heterocycles. The van der Waals surface area contributed by atoms with Gasteiger partial charge < -0.3 is 10.2 Å². The number of rotatable bonds is 7. The van der Waals surface area contributed by atoms with Gasteiger partial charge in [0.05, 0.1) is 22.9 Å². The zero-order valence-electron chi connectivity index (χ0n) is 23.6. The summed E-state index contributed by atoms with van der Waals surface area (Å²) in [5, 5.41) is 11.4. The lowest BCUT2D eigenvalue weighted by atomic mass is 9.90. The van der Waals surface area contributed by atoms with Crippen molar-refractivity contribution in [3.8, 4) is 6.07 Å².